The highest BCUT2D eigenvalue weighted by Gasteiger charge is 2.16. The van der Waals surface area contributed by atoms with Gasteiger partial charge in [-0.1, -0.05) is 6.42 Å². The number of hydrogen-bond donors (Lipinski definition) is 0. The number of nitrogens with zero attached hydrogens (tertiary/aromatic N) is 2. The Kier molecular flexibility index (Phi) is 4.68. The molecule has 0 spiro atoms. The first-order valence-corrected chi connectivity index (χ1v) is 6.62. The Morgan fingerprint density at radius 1 is 1.42 bits per heavy atom. The van der Waals surface area contributed by atoms with E-state index in [1.165, 1.54) is 12.8 Å². The molecule has 4 nitrogen and oxygen atoms in total. The Balaban J connectivity index is 2.15. The molecule has 19 heavy (non-hydrogen) atoms. The topological polar surface area (TPSA) is 41.9 Å². The highest BCUT2D eigenvalue weighted by atomic mass is 16.5. The molecule has 0 aromatic heterocycles. The zero-order valence-corrected chi connectivity index (χ0v) is 11.5. The zero-order chi connectivity index (χ0) is 13.7. The lowest BCUT2D eigenvalue weighted by Crippen LogP contribution is -2.37. The Morgan fingerprint density at radius 3 is 2.95 bits per heavy atom. The van der Waals surface area contributed by atoms with Gasteiger partial charge in [0, 0.05) is 17.8 Å². The van der Waals surface area contributed by atoms with Crippen molar-refractivity contribution in [2.24, 2.45) is 4.99 Å². The van der Waals surface area contributed by atoms with Crippen LogP contribution in [-0.2, 0) is 0 Å². The average Bonchev–Trinajstić information content (AvgIpc) is 2.46. The van der Waals surface area contributed by atoms with Crippen LogP contribution in [-0.4, -0.2) is 44.1 Å². The second-order valence-corrected chi connectivity index (χ2v) is 4.86. The molecule has 1 heterocycles. The largest absolute Gasteiger partial charge is 0.497 e. The molecule has 1 fully saturated rings. The number of carbonyl (C=O) groups is 1. The van der Waals surface area contributed by atoms with Crippen LogP contribution in [0, 0.1) is 0 Å². The summed E-state index contributed by atoms with van der Waals surface area (Å²) in [6.07, 6.45) is 6.40. The van der Waals surface area contributed by atoms with Crippen molar-refractivity contribution in [3.05, 3.63) is 23.8 Å². The number of methoxy groups -OCH3 is 1. The predicted molar refractivity (Wildman–Crippen MR) is 76.8 cm³/mol. The van der Waals surface area contributed by atoms with E-state index in [0.717, 1.165) is 19.3 Å². The minimum Gasteiger partial charge on any atom is -0.497 e. The number of aldehydes is 1. The van der Waals surface area contributed by atoms with E-state index >= 15 is 0 Å². The van der Waals surface area contributed by atoms with Crippen LogP contribution in [0.2, 0.25) is 0 Å². The highest BCUT2D eigenvalue weighted by Crippen LogP contribution is 2.23. The van der Waals surface area contributed by atoms with Gasteiger partial charge in [-0.2, -0.15) is 0 Å². The van der Waals surface area contributed by atoms with Gasteiger partial charge in [-0.3, -0.25) is 14.7 Å². The van der Waals surface area contributed by atoms with Crippen molar-refractivity contribution in [2.45, 2.75) is 25.3 Å². The van der Waals surface area contributed by atoms with Gasteiger partial charge < -0.3 is 4.74 Å². The third-order valence-corrected chi connectivity index (χ3v) is 3.57. The molecule has 0 bridgehead atoms. The lowest BCUT2D eigenvalue weighted by Gasteiger charge is -2.29. The molecule has 102 valence electrons. The maximum absolute atomic E-state index is 11.1. The van der Waals surface area contributed by atoms with Crippen LogP contribution in [0.1, 0.15) is 29.6 Å². The standard InChI is InChI=1S/C15H20N2O2/c1-17-8-4-3-5-13(17)10-16-15-7-6-14(19-2)9-12(15)11-18/h6-7,9-11,13H,3-5,8H2,1-2H3. The van der Waals surface area contributed by atoms with Gasteiger partial charge in [-0.05, 0) is 44.6 Å². The zero-order valence-electron chi connectivity index (χ0n) is 11.5. The van der Waals surface area contributed by atoms with Crippen LogP contribution in [0.3, 0.4) is 0 Å². The van der Waals surface area contributed by atoms with Crippen LogP contribution in [0.25, 0.3) is 0 Å². The maximum atomic E-state index is 11.1. The lowest BCUT2D eigenvalue weighted by molar-refractivity contribution is 0.112. The quantitative estimate of drug-likeness (QED) is 0.617. The molecule has 0 radical (unpaired) electrons. The summed E-state index contributed by atoms with van der Waals surface area (Å²) in [7, 11) is 3.70. The Labute approximate surface area is 114 Å². The van der Waals surface area contributed by atoms with Gasteiger partial charge in [0.1, 0.15) is 5.75 Å². The molecule has 1 aromatic rings. The van der Waals surface area contributed by atoms with Crippen molar-refractivity contribution in [3.8, 4) is 5.75 Å². The highest BCUT2D eigenvalue weighted by molar-refractivity contribution is 5.85. The molecule has 1 saturated heterocycles. The maximum Gasteiger partial charge on any atom is 0.152 e. The van der Waals surface area contributed by atoms with Crippen LogP contribution >= 0.6 is 0 Å². The molecule has 0 amide bonds. The molecule has 4 heteroatoms. The van der Waals surface area contributed by atoms with Crippen LogP contribution in [0.15, 0.2) is 23.2 Å². The molecule has 1 aromatic carbocycles. The fourth-order valence-electron chi connectivity index (χ4n) is 2.33. The second kappa shape index (κ2) is 6.48. The molecule has 0 saturated carbocycles. The number of piperidine rings is 1. The van der Waals surface area contributed by atoms with E-state index in [-0.39, 0.29) is 0 Å². The molecule has 2 rings (SSSR count). The number of rotatable bonds is 4. The molecular weight excluding hydrogens is 240 g/mol. The second-order valence-electron chi connectivity index (χ2n) is 4.86. The van der Waals surface area contributed by atoms with Crippen molar-refractivity contribution < 1.29 is 9.53 Å². The van der Waals surface area contributed by atoms with E-state index in [2.05, 4.69) is 16.9 Å². The third kappa shape index (κ3) is 3.41. The van der Waals surface area contributed by atoms with Gasteiger partial charge in [0.05, 0.1) is 12.8 Å². The normalized spacial score (nSPS) is 20.6. The summed E-state index contributed by atoms with van der Waals surface area (Å²) in [6, 6.07) is 5.73. The van der Waals surface area contributed by atoms with Crippen LogP contribution in [0.4, 0.5) is 5.69 Å². The molecule has 1 unspecified atom stereocenters. The van der Waals surface area contributed by atoms with Crippen molar-refractivity contribution in [2.75, 3.05) is 20.7 Å². The van der Waals surface area contributed by atoms with Gasteiger partial charge in [0.2, 0.25) is 0 Å². The molecule has 1 aliphatic heterocycles. The first kappa shape index (κ1) is 13.7. The van der Waals surface area contributed by atoms with Crippen molar-refractivity contribution in [3.63, 3.8) is 0 Å². The van der Waals surface area contributed by atoms with E-state index in [1.807, 2.05) is 18.3 Å². The van der Waals surface area contributed by atoms with Crippen molar-refractivity contribution in [1.82, 2.24) is 4.90 Å². The first-order valence-electron chi connectivity index (χ1n) is 6.62. The van der Waals surface area contributed by atoms with E-state index in [1.54, 1.807) is 13.2 Å². The summed E-state index contributed by atoms with van der Waals surface area (Å²) in [4.78, 5) is 17.8. The van der Waals surface area contributed by atoms with Gasteiger partial charge in [-0.25, -0.2) is 0 Å². The number of benzene rings is 1. The number of aliphatic imine (C=N–C) groups is 1. The predicted octanol–water partition coefficient (Wildman–Crippen LogP) is 2.69. The lowest BCUT2D eigenvalue weighted by atomic mass is 10.0. The number of likely N-dealkylation sites (tertiary alicyclic amines) is 1. The van der Waals surface area contributed by atoms with Gasteiger partial charge >= 0.3 is 0 Å². The minimum atomic E-state index is 0.371. The monoisotopic (exact) mass is 260 g/mol. The summed E-state index contributed by atoms with van der Waals surface area (Å²) in [5.41, 5.74) is 1.27. The molecule has 0 N–H and O–H groups in total. The number of carbonyl (C=O) groups excluding carboxylic acids is 1. The average molecular weight is 260 g/mol. The summed E-state index contributed by atoms with van der Waals surface area (Å²) in [5.74, 6) is 0.677. The number of ether oxygens (including phenoxy) is 1. The van der Waals surface area contributed by atoms with Gasteiger partial charge in [-0.15, -0.1) is 0 Å². The Morgan fingerprint density at radius 2 is 2.26 bits per heavy atom. The SMILES string of the molecule is COc1ccc(N=CC2CCCCN2C)c(C=O)c1. The fraction of sp³-hybridized carbons (Fsp3) is 0.467. The van der Waals surface area contributed by atoms with E-state index in [4.69, 9.17) is 4.74 Å². The number of hydrogen-bond acceptors (Lipinski definition) is 4. The minimum absolute atomic E-state index is 0.371. The molecule has 0 aliphatic carbocycles. The van der Waals surface area contributed by atoms with Gasteiger partial charge in [0.15, 0.2) is 6.29 Å². The fourth-order valence-corrected chi connectivity index (χ4v) is 2.33. The summed E-state index contributed by atoms with van der Waals surface area (Å²) in [6.45, 7) is 1.11. The van der Waals surface area contributed by atoms with Gasteiger partial charge in [0.25, 0.3) is 0 Å². The van der Waals surface area contributed by atoms with Crippen molar-refractivity contribution in [1.29, 1.82) is 0 Å². The van der Waals surface area contributed by atoms with E-state index in [0.29, 0.717) is 23.0 Å². The Hall–Kier alpha value is -1.68. The summed E-state index contributed by atoms with van der Waals surface area (Å²) in [5, 5.41) is 0. The molecule has 1 aliphatic rings. The van der Waals surface area contributed by atoms with Crippen LogP contribution < -0.4 is 4.74 Å². The van der Waals surface area contributed by atoms with E-state index < -0.39 is 0 Å². The Bertz CT molecular complexity index is 471. The van der Waals surface area contributed by atoms with Crippen LogP contribution in [0.5, 0.6) is 5.75 Å². The first-order chi connectivity index (χ1) is 9.24. The summed E-state index contributed by atoms with van der Waals surface area (Å²) < 4.78 is 5.10. The smallest absolute Gasteiger partial charge is 0.152 e. The van der Waals surface area contributed by atoms with E-state index in [9.17, 15) is 4.79 Å². The molecular formula is C15H20N2O2. The molecule has 1 atom stereocenters. The van der Waals surface area contributed by atoms with Crippen molar-refractivity contribution >= 4 is 18.2 Å². The summed E-state index contributed by atoms with van der Waals surface area (Å²) >= 11 is 0. The third-order valence-electron chi connectivity index (χ3n) is 3.57.